The number of allylic oxidation sites excluding steroid dienone is 3. The van der Waals surface area contributed by atoms with Gasteiger partial charge >= 0.3 is 5.97 Å². The maximum atomic E-state index is 12.3. The van der Waals surface area contributed by atoms with Crippen LogP contribution in [-0.4, -0.2) is 30.5 Å². The van der Waals surface area contributed by atoms with Gasteiger partial charge in [-0.05, 0) is 53.7 Å². The number of aromatic amines is 1. The first kappa shape index (κ1) is 22.3. The number of fused-ring (bicyclic) bond motifs is 1. The van der Waals surface area contributed by atoms with Crippen LogP contribution in [0.1, 0.15) is 56.6 Å². The Hall–Kier alpha value is -3.02. The number of ether oxygens (including phenoxy) is 1. The van der Waals surface area contributed by atoms with Crippen molar-refractivity contribution in [1.29, 1.82) is 0 Å². The van der Waals surface area contributed by atoms with Crippen molar-refractivity contribution in [3.8, 4) is 0 Å². The number of nitrogens with two attached hydrogens (primary N) is 1. The number of amides is 1. The van der Waals surface area contributed by atoms with Crippen molar-refractivity contribution in [3.05, 3.63) is 53.4 Å². The monoisotopic (exact) mass is 397 g/mol. The van der Waals surface area contributed by atoms with Gasteiger partial charge in [-0.2, -0.15) is 0 Å². The number of rotatable bonds is 7. The maximum absolute atomic E-state index is 12.3. The largest absolute Gasteiger partial charge is 0.468 e. The maximum Gasteiger partial charge on any atom is 0.325 e. The molecule has 0 bridgehead atoms. The molecule has 0 unspecified atom stereocenters. The summed E-state index contributed by atoms with van der Waals surface area (Å²) in [4.78, 5) is 26.8. The molecule has 2 aromatic rings. The van der Waals surface area contributed by atoms with Crippen LogP contribution in [0.15, 0.2) is 42.1 Å². The minimum Gasteiger partial charge on any atom is -0.468 e. The van der Waals surface area contributed by atoms with E-state index in [-0.39, 0.29) is 17.9 Å². The molecular formula is C23H31N3O3. The lowest BCUT2D eigenvalue weighted by molar-refractivity contribution is -0.139. The topological polar surface area (TPSA) is 97.2 Å². The summed E-state index contributed by atoms with van der Waals surface area (Å²) in [6.45, 7) is 12.6. The van der Waals surface area contributed by atoms with Crippen LogP contribution in [0, 0.1) is 5.41 Å². The minimum atomic E-state index is -0.494. The zero-order chi connectivity index (χ0) is 21.8. The summed E-state index contributed by atoms with van der Waals surface area (Å²) >= 11 is 0. The van der Waals surface area contributed by atoms with Gasteiger partial charge in [-0.1, -0.05) is 34.3 Å². The van der Waals surface area contributed by atoms with E-state index in [4.69, 9.17) is 5.73 Å². The van der Waals surface area contributed by atoms with Crippen LogP contribution < -0.4 is 11.1 Å². The second-order valence-electron chi connectivity index (χ2n) is 8.32. The van der Waals surface area contributed by atoms with E-state index in [0.717, 1.165) is 46.3 Å². The van der Waals surface area contributed by atoms with Crippen molar-refractivity contribution in [2.75, 3.05) is 13.7 Å². The molecule has 0 atom stereocenters. The molecule has 0 saturated carbocycles. The van der Waals surface area contributed by atoms with Crippen LogP contribution in [-0.2, 0) is 9.53 Å². The van der Waals surface area contributed by atoms with E-state index < -0.39 is 5.97 Å². The lowest BCUT2D eigenvalue weighted by Crippen LogP contribution is -2.30. The van der Waals surface area contributed by atoms with E-state index in [2.05, 4.69) is 49.3 Å². The van der Waals surface area contributed by atoms with E-state index >= 15 is 0 Å². The van der Waals surface area contributed by atoms with Crippen LogP contribution >= 0.6 is 0 Å². The Morgan fingerprint density at radius 2 is 1.93 bits per heavy atom. The Morgan fingerprint density at radius 3 is 2.52 bits per heavy atom. The highest BCUT2D eigenvalue weighted by Crippen LogP contribution is 2.31. The van der Waals surface area contributed by atoms with Gasteiger partial charge in [0.1, 0.15) is 6.54 Å². The van der Waals surface area contributed by atoms with E-state index in [9.17, 15) is 9.59 Å². The Labute approximate surface area is 172 Å². The predicted octanol–water partition coefficient (Wildman–Crippen LogP) is 4.14. The van der Waals surface area contributed by atoms with Crippen LogP contribution in [0.25, 0.3) is 16.5 Å². The van der Waals surface area contributed by atoms with Gasteiger partial charge in [0.05, 0.1) is 7.11 Å². The number of benzene rings is 1. The van der Waals surface area contributed by atoms with Gasteiger partial charge in [0.15, 0.2) is 0 Å². The molecule has 0 aliphatic carbocycles. The SMILES string of the molecule is C=C(/C(CC)=C(\N)CC(C)(C)C)c1cc2cc(C(=O)NCC(=O)OC)ccc2[nH]1. The van der Waals surface area contributed by atoms with Gasteiger partial charge < -0.3 is 20.8 Å². The molecule has 4 N–H and O–H groups in total. The van der Waals surface area contributed by atoms with Gasteiger partial charge in [-0.25, -0.2) is 0 Å². The molecule has 6 heteroatoms. The molecule has 1 aromatic heterocycles. The highest BCUT2D eigenvalue weighted by Gasteiger charge is 2.17. The summed E-state index contributed by atoms with van der Waals surface area (Å²) < 4.78 is 4.54. The fourth-order valence-corrected chi connectivity index (χ4v) is 3.24. The van der Waals surface area contributed by atoms with Crippen molar-refractivity contribution >= 4 is 28.4 Å². The first-order valence-electron chi connectivity index (χ1n) is 9.70. The minimum absolute atomic E-state index is 0.0949. The zero-order valence-corrected chi connectivity index (χ0v) is 17.9. The number of aromatic nitrogens is 1. The summed E-state index contributed by atoms with van der Waals surface area (Å²) in [6, 6.07) is 7.30. The van der Waals surface area contributed by atoms with Crippen LogP contribution in [0.5, 0.6) is 0 Å². The molecule has 0 fully saturated rings. The smallest absolute Gasteiger partial charge is 0.325 e. The fourth-order valence-electron chi connectivity index (χ4n) is 3.24. The van der Waals surface area contributed by atoms with Crippen molar-refractivity contribution in [2.45, 2.75) is 40.5 Å². The predicted molar refractivity (Wildman–Crippen MR) is 117 cm³/mol. The molecule has 0 saturated heterocycles. The Morgan fingerprint density at radius 1 is 1.24 bits per heavy atom. The van der Waals surface area contributed by atoms with E-state index in [1.54, 1.807) is 12.1 Å². The Balaban J connectivity index is 2.29. The number of methoxy groups -OCH3 is 1. The summed E-state index contributed by atoms with van der Waals surface area (Å²) in [5.41, 5.74) is 11.5. The first-order valence-corrected chi connectivity index (χ1v) is 9.70. The van der Waals surface area contributed by atoms with Gasteiger partial charge in [-0.15, -0.1) is 0 Å². The van der Waals surface area contributed by atoms with E-state index in [1.165, 1.54) is 7.11 Å². The lowest BCUT2D eigenvalue weighted by atomic mass is 9.87. The molecule has 2 rings (SSSR count). The second kappa shape index (κ2) is 8.99. The standard InChI is InChI=1S/C23H31N3O3/c1-7-17(18(24)12-23(3,4)5)14(2)20-11-16-10-15(8-9-19(16)26-20)22(28)25-13-21(27)29-6/h8-11,26H,2,7,12-13,24H2,1,3-6H3,(H,25,28)/b18-17-. The number of hydrogen-bond donors (Lipinski definition) is 3. The summed E-state index contributed by atoms with van der Waals surface area (Å²) in [5, 5.41) is 3.43. The second-order valence-corrected chi connectivity index (χ2v) is 8.32. The Kier molecular flexibility index (Phi) is 6.90. The van der Waals surface area contributed by atoms with E-state index in [1.807, 2.05) is 12.1 Å². The highest BCUT2D eigenvalue weighted by molar-refractivity contribution is 6.00. The van der Waals surface area contributed by atoms with Crippen LogP contribution in [0.3, 0.4) is 0 Å². The lowest BCUT2D eigenvalue weighted by Gasteiger charge is -2.21. The number of H-pyrrole nitrogens is 1. The molecule has 1 aromatic carbocycles. The van der Waals surface area contributed by atoms with Crippen LogP contribution in [0.4, 0.5) is 0 Å². The zero-order valence-electron chi connectivity index (χ0n) is 17.9. The van der Waals surface area contributed by atoms with E-state index in [0.29, 0.717) is 5.56 Å². The Bertz CT molecular complexity index is 961. The van der Waals surface area contributed by atoms with Gasteiger partial charge in [0, 0.05) is 27.9 Å². The molecule has 1 amide bonds. The number of esters is 1. The number of hydrogen-bond acceptors (Lipinski definition) is 4. The molecule has 6 nitrogen and oxygen atoms in total. The molecular weight excluding hydrogens is 366 g/mol. The summed E-state index contributed by atoms with van der Waals surface area (Å²) in [5.74, 6) is -0.825. The normalized spacial score (nSPS) is 12.4. The average molecular weight is 398 g/mol. The quantitative estimate of drug-likeness (QED) is 0.483. The third kappa shape index (κ3) is 5.73. The van der Waals surface area contributed by atoms with Crippen molar-refractivity contribution < 1.29 is 14.3 Å². The third-order valence-corrected chi connectivity index (χ3v) is 4.66. The molecule has 0 aliphatic rings. The number of carbonyl (C=O) groups is 2. The molecule has 156 valence electrons. The van der Waals surface area contributed by atoms with Crippen LogP contribution in [0.2, 0.25) is 0 Å². The van der Waals surface area contributed by atoms with Gasteiger partial charge in [-0.3, -0.25) is 9.59 Å². The van der Waals surface area contributed by atoms with Crippen molar-refractivity contribution in [3.63, 3.8) is 0 Å². The van der Waals surface area contributed by atoms with Gasteiger partial charge in [0.25, 0.3) is 5.91 Å². The molecule has 0 spiro atoms. The van der Waals surface area contributed by atoms with Crippen molar-refractivity contribution in [1.82, 2.24) is 10.3 Å². The summed E-state index contributed by atoms with van der Waals surface area (Å²) in [7, 11) is 1.28. The first-order chi connectivity index (χ1) is 13.6. The average Bonchev–Trinajstić information content (AvgIpc) is 3.08. The fraction of sp³-hybridized carbons (Fsp3) is 0.391. The highest BCUT2D eigenvalue weighted by atomic mass is 16.5. The van der Waals surface area contributed by atoms with Crippen molar-refractivity contribution in [2.24, 2.45) is 11.1 Å². The molecule has 0 radical (unpaired) electrons. The van der Waals surface area contributed by atoms with Gasteiger partial charge in [0.2, 0.25) is 0 Å². The number of carbonyl (C=O) groups excluding carboxylic acids is 2. The molecule has 0 aliphatic heterocycles. The molecule has 29 heavy (non-hydrogen) atoms. The molecule has 1 heterocycles. The number of nitrogens with one attached hydrogen (secondary N) is 2. The third-order valence-electron chi connectivity index (χ3n) is 4.66. The summed E-state index contributed by atoms with van der Waals surface area (Å²) in [6.07, 6.45) is 1.58.